The molecule has 0 saturated heterocycles. The molecule has 31 heavy (non-hydrogen) atoms. The second-order valence-electron chi connectivity index (χ2n) is 7.95. The average Bonchev–Trinajstić information content (AvgIpc) is 3.03. The Bertz CT molecular complexity index is 1100. The van der Waals surface area contributed by atoms with Gasteiger partial charge in [-0.05, 0) is 73.1 Å². The van der Waals surface area contributed by atoms with Crippen molar-refractivity contribution in [1.82, 2.24) is 14.7 Å². The van der Waals surface area contributed by atoms with Crippen LogP contribution in [0.4, 0.5) is 4.79 Å². The predicted octanol–water partition coefficient (Wildman–Crippen LogP) is 4.29. The smallest absolute Gasteiger partial charge is 0.408 e. The second kappa shape index (κ2) is 8.97. The van der Waals surface area contributed by atoms with E-state index in [1.165, 1.54) is 0 Å². The molecule has 0 saturated carbocycles. The van der Waals surface area contributed by atoms with Crippen LogP contribution >= 0.6 is 15.9 Å². The molecule has 9 heteroatoms. The molecule has 164 valence electrons. The Hall–Kier alpha value is -3.07. The van der Waals surface area contributed by atoms with Crippen LogP contribution in [0.25, 0.3) is 16.9 Å². The summed E-state index contributed by atoms with van der Waals surface area (Å²) in [6.45, 7) is 5.14. The lowest BCUT2D eigenvalue weighted by molar-refractivity contribution is -0.139. The van der Waals surface area contributed by atoms with Gasteiger partial charge in [0, 0.05) is 22.7 Å². The Morgan fingerprint density at radius 2 is 1.87 bits per heavy atom. The molecule has 3 aromatic rings. The van der Waals surface area contributed by atoms with Crippen molar-refractivity contribution in [3.63, 3.8) is 0 Å². The first-order chi connectivity index (χ1) is 14.6. The monoisotopic (exact) mass is 489 g/mol. The fraction of sp³-hybridized carbons (Fsp3) is 0.318. The van der Waals surface area contributed by atoms with Crippen molar-refractivity contribution < 1.29 is 24.2 Å². The summed E-state index contributed by atoms with van der Waals surface area (Å²) in [6.07, 6.45) is 1.03. The Morgan fingerprint density at radius 1 is 1.19 bits per heavy atom. The third-order valence-corrected chi connectivity index (χ3v) is 4.90. The zero-order valence-corrected chi connectivity index (χ0v) is 19.3. The van der Waals surface area contributed by atoms with E-state index in [-0.39, 0.29) is 6.42 Å². The van der Waals surface area contributed by atoms with E-state index in [4.69, 9.17) is 14.5 Å². The number of carbonyl (C=O) groups is 2. The number of imidazole rings is 1. The molecular formula is C22H24BrN3O5. The molecule has 0 spiro atoms. The number of carbonyl (C=O) groups excluding carboxylic acids is 1. The number of aromatic nitrogens is 2. The van der Waals surface area contributed by atoms with Crippen LogP contribution < -0.4 is 10.1 Å². The van der Waals surface area contributed by atoms with Crippen molar-refractivity contribution >= 4 is 33.6 Å². The maximum absolute atomic E-state index is 12.2. The van der Waals surface area contributed by atoms with Gasteiger partial charge in [0.15, 0.2) is 0 Å². The molecule has 0 bridgehead atoms. The number of methoxy groups -OCH3 is 1. The molecule has 2 aromatic heterocycles. The molecule has 3 rings (SSSR count). The number of ether oxygens (including phenoxy) is 2. The van der Waals surface area contributed by atoms with Crippen LogP contribution in [0.1, 0.15) is 26.5 Å². The van der Waals surface area contributed by atoms with Crippen molar-refractivity contribution in [2.45, 2.75) is 38.8 Å². The van der Waals surface area contributed by atoms with Crippen LogP contribution in [0.2, 0.25) is 0 Å². The molecule has 8 nitrogen and oxygen atoms in total. The minimum absolute atomic E-state index is 0.00750. The van der Waals surface area contributed by atoms with Crippen molar-refractivity contribution in [3.05, 3.63) is 52.8 Å². The number of amides is 1. The number of fused-ring (bicyclic) bond motifs is 1. The number of aliphatic carboxylic acids is 1. The van der Waals surface area contributed by atoms with Gasteiger partial charge < -0.3 is 24.3 Å². The zero-order valence-electron chi connectivity index (χ0n) is 17.7. The summed E-state index contributed by atoms with van der Waals surface area (Å²) in [5.41, 5.74) is 1.99. The first-order valence-corrected chi connectivity index (χ1v) is 10.4. The molecule has 0 radical (unpaired) electrons. The van der Waals surface area contributed by atoms with E-state index in [0.717, 1.165) is 10.0 Å². The van der Waals surface area contributed by atoms with E-state index in [1.54, 1.807) is 27.9 Å². The maximum Gasteiger partial charge on any atom is 0.408 e. The van der Waals surface area contributed by atoms with Gasteiger partial charge in [-0.15, -0.1) is 0 Å². The van der Waals surface area contributed by atoms with Gasteiger partial charge in [0.25, 0.3) is 0 Å². The van der Waals surface area contributed by atoms with Crippen LogP contribution in [0.3, 0.4) is 0 Å². The lowest BCUT2D eigenvalue weighted by Crippen LogP contribution is -2.44. The summed E-state index contributed by atoms with van der Waals surface area (Å²) < 4.78 is 13.1. The molecule has 2 heterocycles. The van der Waals surface area contributed by atoms with Crippen LogP contribution in [0.15, 0.2) is 47.1 Å². The van der Waals surface area contributed by atoms with E-state index in [2.05, 4.69) is 21.2 Å². The number of hydrogen-bond acceptors (Lipinski definition) is 5. The highest BCUT2D eigenvalue weighted by molar-refractivity contribution is 9.10. The average molecular weight is 490 g/mol. The second-order valence-corrected chi connectivity index (χ2v) is 8.87. The van der Waals surface area contributed by atoms with E-state index in [9.17, 15) is 14.7 Å². The van der Waals surface area contributed by atoms with Gasteiger partial charge in [0.1, 0.15) is 23.0 Å². The van der Waals surface area contributed by atoms with E-state index in [0.29, 0.717) is 22.8 Å². The van der Waals surface area contributed by atoms with Crippen LogP contribution in [0.5, 0.6) is 5.75 Å². The summed E-state index contributed by atoms with van der Waals surface area (Å²) in [7, 11) is 1.59. The summed E-state index contributed by atoms with van der Waals surface area (Å²) >= 11 is 3.45. The molecular weight excluding hydrogens is 466 g/mol. The fourth-order valence-electron chi connectivity index (χ4n) is 3.09. The van der Waals surface area contributed by atoms with E-state index < -0.39 is 23.7 Å². The van der Waals surface area contributed by atoms with Gasteiger partial charge in [0.2, 0.25) is 0 Å². The number of pyridine rings is 1. The van der Waals surface area contributed by atoms with Crippen molar-refractivity contribution in [2.75, 3.05) is 7.11 Å². The van der Waals surface area contributed by atoms with Gasteiger partial charge in [0.05, 0.1) is 18.5 Å². The Labute approximate surface area is 188 Å². The number of halogens is 1. The third kappa shape index (κ3) is 5.55. The van der Waals surface area contributed by atoms with Gasteiger partial charge in [-0.1, -0.05) is 0 Å². The number of nitrogens with zero attached hydrogens (tertiary/aromatic N) is 2. The summed E-state index contributed by atoms with van der Waals surface area (Å²) in [5, 5.41) is 12.2. The van der Waals surface area contributed by atoms with Crippen molar-refractivity contribution in [2.24, 2.45) is 0 Å². The number of alkyl carbamates (subject to hydrolysis) is 1. The normalized spacial score (nSPS) is 12.4. The quantitative estimate of drug-likeness (QED) is 0.535. The zero-order chi connectivity index (χ0) is 22.8. The van der Waals surface area contributed by atoms with Gasteiger partial charge in [-0.25, -0.2) is 14.6 Å². The standard InChI is InChI=1S/C22H24BrN3O5/c1-22(2,3)31-21(29)24-16(20(27)28)11-17-19(13-5-8-15(30-4)9-6-13)25-18-10-7-14(23)12-26(17)18/h5-10,12,16H,11H2,1-4H3,(H,24,29)(H,27,28). The summed E-state index contributed by atoms with van der Waals surface area (Å²) in [4.78, 5) is 28.8. The first kappa shape index (κ1) is 22.6. The molecule has 2 N–H and O–H groups in total. The number of benzene rings is 1. The molecule has 1 unspecified atom stereocenters. The highest BCUT2D eigenvalue weighted by Gasteiger charge is 2.27. The molecule has 1 aromatic carbocycles. The number of rotatable bonds is 6. The first-order valence-electron chi connectivity index (χ1n) is 9.60. The Kier molecular flexibility index (Phi) is 6.54. The highest BCUT2D eigenvalue weighted by Crippen LogP contribution is 2.28. The van der Waals surface area contributed by atoms with Crippen molar-refractivity contribution in [3.8, 4) is 17.0 Å². The van der Waals surface area contributed by atoms with Gasteiger partial charge >= 0.3 is 12.1 Å². The molecule has 1 atom stereocenters. The van der Waals surface area contributed by atoms with Crippen molar-refractivity contribution in [1.29, 1.82) is 0 Å². The lowest BCUT2D eigenvalue weighted by atomic mass is 10.0. The minimum Gasteiger partial charge on any atom is -0.497 e. The molecule has 0 aliphatic heterocycles. The maximum atomic E-state index is 12.2. The van der Waals surface area contributed by atoms with Gasteiger partial charge in [-0.3, -0.25) is 0 Å². The largest absolute Gasteiger partial charge is 0.497 e. The fourth-order valence-corrected chi connectivity index (χ4v) is 3.42. The Morgan fingerprint density at radius 3 is 2.45 bits per heavy atom. The summed E-state index contributed by atoms with van der Waals surface area (Å²) in [5.74, 6) is -0.469. The van der Waals surface area contributed by atoms with E-state index in [1.807, 2.05) is 47.0 Å². The van der Waals surface area contributed by atoms with E-state index >= 15 is 0 Å². The SMILES string of the molecule is COc1ccc(-c2nc3ccc(Br)cn3c2CC(NC(=O)OC(C)(C)C)C(=O)O)cc1. The Balaban J connectivity index is 2.02. The molecule has 0 aliphatic rings. The molecule has 0 fully saturated rings. The third-order valence-electron chi connectivity index (χ3n) is 4.43. The number of nitrogens with one attached hydrogen (secondary N) is 1. The number of hydrogen-bond donors (Lipinski definition) is 2. The molecule has 0 aliphatic carbocycles. The van der Waals surface area contributed by atoms with Crippen LogP contribution in [0, 0.1) is 0 Å². The predicted molar refractivity (Wildman–Crippen MR) is 119 cm³/mol. The molecule has 1 amide bonds. The topological polar surface area (TPSA) is 102 Å². The van der Waals surface area contributed by atoms with Crippen LogP contribution in [-0.4, -0.2) is 45.3 Å². The summed E-state index contributed by atoms with van der Waals surface area (Å²) in [6, 6.07) is 9.83. The van der Waals surface area contributed by atoms with Crippen LogP contribution in [-0.2, 0) is 16.0 Å². The minimum atomic E-state index is -1.20. The highest BCUT2D eigenvalue weighted by atomic mass is 79.9. The number of carboxylic acid groups (broad SMARTS) is 1. The van der Waals surface area contributed by atoms with Gasteiger partial charge in [-0.2, -0.15) is 0 Å². The lowest BCUT2D eigenvalue weighted by Gasteiger charge is -2.22. The number of carboxylic acids is 1.